The van der Waals surface area contributed by atoms with Gasteiger partial charge in [-0.3, -0.25) is 9.59 Å². The summed E-state index contributed by atoms with van der Waals surface area (Å²) in [7, 11) is -1.61. The van der Waals surface area contributed by atoms with E-state index in [0.29, 0.717) is 19.4 Å². The molecule has 1 unspecified atom stereocenters. The molecule has 0 spiro atoms. The third-order valence-electron chi connectivity index (χ3n) is 4.66. The second-order valence-electron chi connectivity index (χ2n) is 7.56. The van der Waals surface area contributed by atoms with E-state index in [4.69, 9.17) is 0 Å². The van der Waals surface area contributed by atoms with E-state index < -0.39 is 36.9 Å². The number of Topliss-reactive ketones (excluding diaryl/α,β-unsaturated/α-hetero) is 1. The number of carbonyl (C=O) groups excluding carboxylic acids is 2. The van der Waals surface area contributed by atoms with Crippen molar-refractivity contribution in [2.45, 2.75) is 44.8 Å². The molecule has 1 aromatic rings. The molecule has 1 amide bonds. The Balaban J connectivity index is 1.81. The zero-order valence-electron chi connectivity index (χ0n) is 16.7. The minimum Gasteiger partial charge on any atom is -0.426 e. The van der Waals surface area contributed by atoms with Crippen molar-refractivity contribution in [2.75, 3.05) is 24.5 Å². The van der Waals surface area contributed by atoms with E-state index in [1.54, 1.807) is 0 Å². The highest BCUT2D eigenvalue weighted by atomic mass is 19.4. The Bertz CT molecular complexity index is 733. The molecule has 0 aliphatic carbocycles. The van der Waals surface area contributed by atoms with Crippen LogP contribution in [0.25, 0.3) is 0 Å². The minimum atomic E-state index is -4.59. The first-order valence-electron chi connectivity index (χ1n) is 9.55. The van der Waals surface area contributed by atoms with Gasteiger partial charge in [-0.2, -0.15) is 13.2 Å². The summed E-state index contributed by atoms with van der Waals surface area (Å²) in [5.41, 5.74) is -1.12. The first-order valence-corrected chi connectivity index (χ1v) is 9.55. The van der Waals surface area contributed by atoms with E-state index >= 15 is 0 Å². The van der Waals surface area contributed by atoms with Crippen molar-refractivity contribution in [1.82, 2.24) is 20.8 Å². The third-order valence-corrected chi connectivity index (χ3v) is 4.66. The Hall–Kier alpha value is -2.25. The number of rotatable bonds is 10. The van der Waals surface area contributed by atoms with Crippen LogP contribution in [0.1, 0.15) is 32.4 Å². The van der Waals surface area contributed by atoms with Gasteiger partial charge in [-0.05, 0) is 30.9 Å². The van der Waals surface area contributed by atoms with E-state index in [9.17, 15) is 32.8 Å². The Morgan fingerprint density at radius 2 is 1.97 bits per heavy atom. The number of anilines is 1. The van der Waals surface area contributed by atoms with Gasteiger partial charge in [-0.1, -0.05) is 13.8 Å². The molecule has 4 N–H and O–H groups in total. The summed E-state index contributed by atoms with van der Waals surface area (Å²) in [6.45, 7) is 3.84. The van der Waals surface area contributed by atoms with Crippen LogP contribution >= 0.6 is 0 Å². The predicted molar refractivity (Wildman–Crippen MR) is 102 cm³/mol. The lowest BCUT2D eigenvalue weighted by Gasteiger charge is -2.40. The van der Waals surface area contributed by atoms with Crippen LogP contribution < -0.4 is 15.5 Å². The number of carbonyl (C=O) groups is 2. The first kappa shape index (κ1) is 24.0. The molecule has 30 heavy (non-hydrogen) atoms. The monoisotopic (exact) mass is 431 g/mol. The van der Waals surface area contributed by atoms with Crippen molar-refractivity contribution >= 4 is 24.6 Å². The number of amides is 1. The molecule has 166 valence electrons. The number of hydrogen-bond acceptors (Lipinski definition) is 8. The third kappa shape index (κ3) is 6.64. The largest absolute Gasteiger partial charge is 0.469 e. The molecule has 0 aromatic carbocycles. The van der Waals surface area contributed by atoms with Crippen LogP contribution in [0.5, 0.6) is 0 Å². The van der Waals surface area contributed by atoms with Gasteiger partial charge < -0.3 is 25.6 Å². The zero-order valence-corrected chi connectivity index (χ0v) is 16.7. The molecule has 2 atom stereocenters. The SMILES string of the molecule is CC(C)CC(NCC(=O)CNC(=O)[C@@H]1CCN1c1ccc(C(F)(F)F)nn1)B(O)O. The van der Waals surface area contributed by atoms with E-state index in [1.165, 1.54) is 4.90 Å². The summed E-state index contributed by atoms with van der Waals surface area (Å²) in [6, 6.07) is 1.30. The van der Waals surface area contributed by atoms with Crippen molar-refractivity contribution < 1.29 is 32.8 Å². The number of aromatic nitrogens is 2. The molecular formula is C17H25BF3N5O4. The molecule has 1 aliphatic rings. The smallest absolute Gasteiger partial charge is 0.426 e. The maximum Gasteiger partial charge on any atom is 0.469 e. The summed E-state index contributed by atoms with van der Waals surface area (Å²) >= 11 is 0. The summed E-state index contributed by atoms with van der Waals surface area (Å²) < 4.78 is 37.7. The van der Waals surface area contributed by atoms with Gasteiger partial charge in [0.25, 0.3) is 0 Å². The van der Waals surface area contributed by atoms with Crippen LogP contribution in [-0.2, 0) is 15.8 Å². The Morgan fingerprint density at radius 3 is 2.43 bits per heavy atom. The van der Waals surface area contributed by atoms with Crippen molar-refractivity contribution in [3.63, 3.8) is 0 Å². The van der Waals surface area contributed by atoms with Crippen molar-refractivity contribution in [3.8, 4) is 0 Å². The van der Waals surface area contributed by atoms with Crippen LogP contribution in [0, 0.1) is 5.92 Å². The Kier molecular flexibility index (Phi) is 8.15. The molecule has 13 heteroatoms. The van der Waals surface area contributed by atoms with Crippen molar-refractivity contribution in [2.24, 2.45) is 5.92 Å². The fourth-order valence-electron chi connectivity index (χ4n) is 2.99. The number of alkyl halides is 3. The summed E-state index contributed by atoms with van der Waals surface area (Å²) in [6.07, 6.45) is -3.66. The molecule has 1 aromatic heterocycles. The lowest BCUT2D eigenvalue weighted by Crippen LogP contribution is -2.57. The highest BCUT2D eigenvalue weighted by Crippen LogP contribution is 2.29. The highest BCUT2D eigenvalue weighted by molar-refractivity contribution is 6.43. The normalized spacial score (nSPS) is 17.5. The topological polar surface area (TPSA) is 128 Å². The van der Waals surface area contributed by atoms with E-state index in [1.807, 2.05) is 13.8 Å². The second-order valence-corrected chi connectivity index (χ2v) is 7.56. The van der Waals surface area contributed by atoms with Gasteiger partial charge in [-0.25, -0.2) is 0 Å². The number of halogens is 3. The van der Waals surface area contributed by atoms with E-state index in [-0.39, 0.29) is 30.6 Å². The number of nitrogens with one attached hydrogen (secondary N) is 2. The summed E-state index contributed by atoms with van der Waals surface area (Å²) in [5, 5.41) is 30.6. The summed E-state index contributed by atoms with van der Waals surface area (Å²) in [4.78, 5) is 25.8. The van der Waals surface area contributed by atoms with Crippen LogP contribution in [0.2, 0.25) is 0 Å². The fraction of sp³-hybridized carbons (Fsp3) is 0.647. The van der Waals surface area contributed by atoms with Gasteiger partial charge in [0.1, 0.15) is 6.04 Å². The lowest BCUT2D eigenvalue weighted by molar-refractivity contribution is -0.141. The van der Waals surface area contributed by atoms with Gasteiger partial charge >= 0.3 is 13.3 Å². The number of nitrogens with zero attached hydrogens (tertiary/aromatic N) is 3. The number of ketones is 1. The second kappa shape index (κ2) is 10.2. The maximum absolute atomic E-state index is 12.6. The average molecular weight is 431 g/mol. The molecule has 2 heterocycles. The molecule has 1 aliphatic heterocycles. The Labute approximate surface area is 172 Å². The van der Waals surface area contributed by atoms with Crippen molar-refractivity contribution in [3.05, 3.63) is 17.8 Å². The fourth-order valence-corrected chi connectivity index (χ4v) is 2.99. The zero-order chi connectivity index (χ0) is 22.5. The Morgan fingerprint density at radius 1 is 1.27 bits per heavy atom. The van der Waals surface area contributed by atoms with Gasteiger partial charge in [0.2, 0.25) is 5.91 Å². The molecule has 9 nitrogen and oxygen atoms in total. The van der Waals surface area contributed by atoms with E-state index in [2.05, 4.69) is 20.8 Å². The first-order chi connectivity index (χ1) is 14.0. The molecule has 1 fully saturated rings. The maximum atomic E-state index is 12.6. The molecule has 0 bridgehead atoms. The van der Waals surface area contributed by atoms with Crippen LogP contribution in [0.4, 0.5) is 19.0 Å². The van der Waals surface area contributed by atoms with Crippen molar-refractivity contribution in [1.29, 1.82) is 0 Å². The molecule has 0 saturated carbocycles. The van der Waals surface area contributed by atoms with E-state index in [0.717, 1.165) is 12.1 Å². The standard InChI is InChI=1S/C17H25BF3N5O4/c1-10(2)7-14(18(29)30)22-8-11(27)9-23-16(28)12-5-6-26(12)15-4-3-13(24-25-15)17(19,20)21/h3-4,10,12,14,22,29-30H,5-9H2,1-2H3,(H,23,28)/t12-,14?/m0/s1. The predicted octanol–water partition coefficient (Wildman–Crippen LogP) is -0.224. The summed E-state index contributed by atoms with van der Waals surface area (Å²) in [5.74, 6) is -1.12. The van der Waals surface area contributed by atoms with Crippen LogP contribution in [0.3, 0.4) is 0 Å². The van der Waals surface area contributed by atoms with Crippen LogP contribution in [-0.4, -0.2) is 70.7 Å². The lowest BCUT2D eigenvalue weighted by atomic mass is 9.75. The van der Waals surface area contributed by atoms with Gasteiger partial charge in [0, 0.05) is 12.5 Å². The van der Waals surface area contributed by atoms with Gasteiger partial charge in [-0.15, -0.1) is 10.2 Å². The van der Waals surface area contributed by atoms with Gasteiger partial charge in [0.15, 0.2) is 17.3 Å². The van der Waals surface area contributed by atoms with Gasteiger partial charge in [0.05, 0.1) is 13.1 Å². The molecule has 1 saturated heterocycles. The highest BCUT2D eigenvalue weighted by Gasteiger charge is 2.37. The quantitative estimate of drug-likeness (QED) is 0.375. The molecule has 2 rings (SSSR count). The number of hydrogen-bond donors (Lipinski definition) is 4. The van der Waals surface area contributed by atoms with Crippen LogP contribution in [0.15, 0.2) is 12.1 Å². The molecule has 0 radical (unpaired) electrons. The average Bonchev–Trinajstić information content (AvgIpc) is 2.61. The minimum absolute atomic E-state index is 0.145. The molecular weight excluding hydrogens is 406 g/mol.